The second-order valence-electron chi connectivity index (χ2n) is 3.41. The standard InChI is InChI=1S/C9H19NO/c1-2-3-6-9(11)8-5-4-7-10-8/h8-11H,2-7H2,1H3/t8-,9?/m0/s1. The number of aliphatic hydroxyl groups is 1. The van der Waals surface area contributed by atoms with Crippen molar-refractivity contribution in [2.45, 2.75) is 51.2 Å². The third-order valence-electron chi connectivity index (χ3n) is 2.42. The predicted octanol–water partition coefficient (Wildman–Crippen LogP) is 1.29. The quantitative estimate of drug-likeness (QED) is 0.644. The van der Waals surface area contributed by atoms with Gasteiger partial charge in [-0.2, -0.15) is 0 Å². The third kappa shape index (κ3) is 2.80. The van der Waals surface area contributed by atoms with E-state index in [4.69, 9.17) is 0 Å². The fraction of sp³-hybridized carbons (Fsp3) is 1.00. The molecule has 11 heavy (non-hydrogen) atoms. The first-order valence-corrected chi connectivity index (χ1v) is 4.76. The van der Waals surface area contributed by atoms with Gasteiger partial charge < -0.3 is 10.4 Å². The summed E-state index contributed by atoms with van der Waals surface area (Å²) in [6.07, 6.45) is 5.59. The van der Waals surface area contributed by atoms with E-state index in [0.717, 1.165) is 25.8 Å². The van der Waals surface area contributed by atoms with E-state index < -0.39 is 0 Å². The lowest BCUT2D eigenvalue weighted by Crippen LogP contribution is -2.34. The van der Waals surface area contributed by atoms with Crippen molar-refractivity contribution in [1.29, 1.82) is 0 Å². The molecule has 2 nitrogen and oxygen atoms in total. The van der Waals surface area contributed by atoms with Crippen LogP contribution in [0.1, 0.15) is 39.0 Å². The van der Waals surface area contributed by atoms with Crippen LogP contribution in [0, 0.1) is 0 Å². The Morgan fingerprint density at radius 3 is 3.00 bits per heavy atom. The molecular weight excluding hydrogens is 138 g/mol. The Hall–Kier alpha value is -0.0800. The van der Waals surface area contributed by atoms with Gasteiger partial charge in [0.2, 0.25) is 0 Å². The van der Waals surface area contributed by atoms with Crippen LogP contribution in [0.2, 0.25) is 0 Å². The van der Waals surface area contributed by atoms with E-state index >= 15 is 0 Å². The first-order valence-electron chi connectivity index (χ1n) is 4.76. The highest BCUT2D eigenvalue weighted by Crippen LogP contribution is 2.13. The molecule has 0 bridgehead atoms. The van der Waals surface area contributed by atoms with Crippen molar-refractivity contribution in [3.8, 4) is 0 Å². The molecule has 2 heteroatoms. The summed E-state index contributed by atoms with van der Waals surface area (Å²) in [6, 6.07) is 0.390. The van der Waals surface area contributed by atoms with Gasteiger partial charge in [-0.25, -0.2) is 0 Å². The lowest BCUT2D eigenvalue weighted by molar-refractivity contribution is 0.124. The number of rotatable bonds is 4. The molecule has 1 aliphatic rings. The predicted molar refractivity (Wildman–Crippen MR) is 46.6 cm³/mol. The summed E-state index contributed by atoms with van der Waals surface area (Å²) in [5, 5.41) is 12.9. The zero-order chi connectivity index (χ0) is 8.10. The maximum atomic E-state index is 9.62. The molecule has 1 unspecified atom stereocenters. The van der Waals surface area contributed by atoms with E-state index in [1.807, 2.05) is 0 Å². The largest absolute Gasteiger partial charge is 0.392 e. The topological polar surface area (TPSA) is 32.3 Å². The van der Waals surface area contributed by atoms with Gasteiger partial charge in [-0.3, -0.25) is 0 Å². The van der Waals surface area contributed by atoms with Gasteiger partial charge in [0.05, 0.1) is 6.10 Å². The van der Waals surface area contributed by atoms with E-state index in [1.54, 1.807) is 0 Å². The summed E-state index contributed by atoms with van der Waals surface area (Å²) < 4.78 is 0. The van der Waals surface area contributed by atoms with Crippen molar-refractivity contribution in [3.63, 3.8) is 0 Å². The van der Waals surface area contributed by atoms with E-state index in [1.165, 1.54) is 12.8 Å². The molecule has 0 saturated carbocycles. The fourth-order valence-electron chi connectivity index (χ4n) is 1.65. The van der Waals surface area contributed by atoms with Crippen LogP contribution in [-0.2, 0) is 0 Å². The number of hydrogen-bond donors (Lipinski definition) is 2. The summed E-state index contributed by atoms with van der Waals surface area (Å²) >= 11 is 0. The summed E-state index contributed by atoms with van der Waals surface area (Å²) in [4.78, 5) is 0. The molecule has 0 spiro atoms. The Balaban J connectivity index is 2.12. The molecule has 1 fully saturated rings. The molecule has 1 saturated heterocycles. The second-order valence-corrected chi connectivity index (χ2v) is 3.41. The van der Waals surface area contributed by atoms with Crippen LogP contribution < -0.4 is 5.32 Å². The summed E-state index contributed by atoms with van der Waals surface area (Å²) in [5.74, 6) is 0. The van der Waals surface area contributed by atoms with Gasteiger partial charge in [0.25, 0.3) is 0 Å². The first-order chi connectivity index (χ1) is 5.34. The lowest BCUT2D eigenvalue weighted by atomic mass is 10.0. The molecule has 0 amide bonds. The molecule has 2 atom stereocenters. The van der Waals surface area contributed by atoms with E-state index in [0.29, 0.717) is 6.04 Å². The Kier molecular flexibility index (Phi) is 3.87. The summed E-state index contributed by atoms with van der Waals surface area (Å²) in [6.45, 7) is 3.25. The van der Waals surface area contributed by atoms with Gasteiger partial charge in [-0.15, -0.1) is 0 Å². The number of nitrogens with one attached hydrogen (secondary N) is 1. The zero-order valence-electron chi connectivity index (χ0n) is 7.34. The van der Waals surface area contributed by atoms with Gasteiger partial charge in [-0.1, -0.05) is 19.8 Å². The van der Waals surface area contributed by atoms with Crippen molar-refractivity contribution in [2.75, 3.05) is 6.54 Å². The SMILES string of the molecule is CCCCC(O)[C@@H]1CCCN1. The molecule has 1 rings (SSSR count). The van der Waals surface area contributed by atoms with Crippen molar-refractivity contribution in [2.24, 2.45) is 0 Å². The van der Waals surface area contributed by atoms with Gasteiger partial charge in [-0.05, 0) is 25.8 Å². The van der Waals surface area contributed by atoms with Crippen molar-refractivity contribution in [1.82, 2.24) is 5.32 Å². The molecular formula is C9H19NO. The van der Waals surface area contributed by atoms with Crippen LogP contribution in [0.5, 0.6) is 0 Å². The monoisotopic (exact) mass is 157 g/mol. The Morgan fingerprint density at radius 2 is 2.45 bits per heavy atom. The third-order valence-corrected chi connectivity index (χ3v) is 2.42. The molecule has 66 valence electrons. The van der Waals surface area contributed by atoms with Gasteiger partial charge in [0.1, 0.15) is 0 Å². The minimum atomic E-state index is -0.0996. The van der Waals surface area contributed by atoms with Crippen LogP contribution in [-0.4, -0.2) is 23.8 Å². The molecule has 2 N–H and O–H groups in total. The first kappa shape index (κ1) is 9.01. The number of hydrogen-bond acceptors (Lipinski definition) is 2. The Bertz CT molecular complexity index is 99.7. The highest BCUT2D eigenvalue weighted by molar-refractivity contribution is 4.80. The average molecular weight is 157 g/mol. The molecule has 1 aliphatic heterocycles. The molecule has 0 radical (unpaired) electrons. The minimum absolute atomic E-state index is 0.0996. The average Bonchev–Trinajstić information content (AvgIpc) is 2.52. The van der Waals surface area contributed by atoms with Gasteiger partial charge in [0, 0.05) is 6.04 Å². The van der Waals surface area contributed by atoms with Gasteiger partial charge >= 0.3 is 0 Å². The van der Waals surface area contributed by atoms with Crippen molar-refractivity contribution >= 4 is 0 Å². The minimum Gasteiger partial charge on any atom is -0.392 e. The Morgan fingerprint density at radius 1 is 1.64 bits per heavy atom. The zero-order valence-corrected chi connectivity index (χ0v) is 7.34. The summed E-state index contributed by atoms with van der Waals surface area (Å²) in [5.41, 5.74) is 0. The van der Waals surface area contributed by atoms with Crippen LogP contribution in [0.15, 0.2) is 0 Å². The fourth-order valence-corrected chi connectivity index (χ4v) is 1.65. The van der Waals surface area contributed by atoms with Crippen LogP contribution in [0.3, 0.4) is 0 Å². The molecule has 0 aliphatic carbocycles. The summed E-state index contributed by atoms with van der Waals surface area (Å²) in [7, 11) is 0. The van der Waals surface area contributed by atoms with Crippen molar-refractivity contribution in [3.05, 3.63) is 0 Å². The highest BCUT2D eigenvalue weighted by Gasteiger charge is 2.21. The lowest BCUT2D eigenvalue weighted by Gasteiger charge is -2.17. The number of unbranched alkanes of at least 4 members (excludes halogenated alkanes) is 1. The maximum Gasteiger partial charge on any atom is 0.0693 e. The van der Waals surface area contributed by atoms with Crippen LogP contribution >= 0.6 is 0 Å². The normalized spacial score (nSPS) is 27.3. The van der Waals surface area contributed by atoms with Crippen LogP contribution in [0.4, 0.5) is 0 Å². The van der Waals surface area contributed by atoms with Crippen molar-refractivity contribution < 1.29 is 5.11 Å². The second kappa shape index (κ2) is 4.73. The maximum absolute atomic E-state index is 9.62. The van der Waals surface area contributed by atoms with Crippen LogP contribution in [0.25, 0.3) is 0 Å². The molecule has 1 heterocycles. The van der Waals surface area contributed by atoms with E-state index in [2.05, 4.69) is 12.2 Å². The molecule has 0 aromatic carbocycles. The highest BCUT2D eigenvalue weighted by atomic mass is 16.3. The Labute approximate surface area is 69.0 Å². The molecule has 0 aromatic heterocycles. The van der Waals surface area contributed by atoms with E-state index in [-0.39, 0.29) is 6.10 Å². The van der Waals surface area contributed by atoms with E-state index in [9.17, 15) is 5.11 Å². The van der Waals surface area contributed by atoms with Gasteiger partial charge in [0.15, 0.2) is 0 Å². The molecule has 0 aromatic rings. The smallest absolute Gasteiger partial charge is 0.0693 e. The number of aliphatic hydroxyl groups excluding tert-OH is 1.